The summed E-state index contributed by atoms with van der Waals surface area (Å²) in [4.78, 5) is -0.631. The van der Waals surface area contributed by atoms with Crippen molar-refractivity contribution in [3.05, 3.63) is 33.4 Å². The van der Waals surface area contributed by atoms with Crippen molar-refractivity contribution in [2.75, 3.05) is 0 Å². The molecule has 3 nitrogen and oxygen atoms in total. The van der Waals surface area contributed by atoms with E-state index in [0.29, 0.717) is 12.1 Å². The second-order valence-corrected chi connectivity index (χ2v) is 6.14. The summed E-state index contributed by atoms with van der Waals surface area (Å²) in [5, 5.41) is 13.3. The van der Waals surface area contributed by atoms with E-state index in [9.17, 15) is 26.3 Å². The van der Waals surface area contributed by atoms with Crippen LogP contribution in [0.3, 0.4) is 0 Å². The fourth-order valence-electron chi connectivity index (χ4n) is 1.77. The second-order valence-electron chi connectivity index (χ2n) is 4.25. The van der Waals surface area contributed by atoms with E-state index < -0.39 is 55.3 Å². The molecule has 1 aromatic heterocycles. The first-order valence-electron chi connectivity index (χ1n) is 5.75. The molecule has 0 aliphatic rings. The quantitative estimate of drug-likeness (QED) is 0.500. The molecule has 0 aliphatic heterocycles. The van der Waals surface area contributed by atoms with E-state index in [4.69, 9.17) is 28.5 Å². The Labute approximate surface area is 144 Å². The zero-order valence-electron chi connectivity index (χ0n) is 11.0. The predicted octanol–water partition coefficient (Wildman–Crippen LogP) is 5.89. The number of nitrogens with one attached hydrogen (secondary N) is 1. The van der Waals surface area contributed by atoms with E-state index in [2.05, 4.69) is 10.2 Å². The molecular weight excluding hydrogens is 403 g/mol. The molecule has 0 saturated heterocycles. The van der Waals surface area contributed by atoms with Gasteiger partial charge in [0, 0.05) is 5.56 Å². The number of nitrogens with zero attached hydrogens (tertiary/aromatic N) is 2. The number of halogens is 8. The zero-order chi connectivity index (χ0) is 18.3. The Morgan fingerprint density at radius 3 is 2.04 bits per heavy atom. The molecule has 0 amide bonds. The van der Waals surface area contributed by atoms with Gasteiger partial charge >= 0.3 is 11.7 Å². The highest BCUT2D eigenvalue weighted by Crippen LogP contribution is 2.47. The maximum absolute atomic E-state index is 12.7. The van der Waals surface area contributed by atoms with Crippen LogP contribution >= 0.6 is 35.0 Å². The molecule has 0 unspecified atom stereocenters. The Balaban J connectivity index is 2.66. The van der Waals surface area contributed by atoms with Gasteiger partial charge in [0.25, 0.3) is 0 Å². The number of rotatable bonds is 2. The van der Waals surface area contributed by atoms with Crippen LogP contribution in [-0.4, -0.2) is 15.7 Å². The Kier molecular flexibility index (Phi) is 4.99. The molecule has 2 aromatic rings. The number of aromatic nitrogens is 2. The second kappa shape index (κ2) is 6.38. The number of H-pyrrole nitrogens is 1. The monoisotopic (exact) mass is 405 g/mol. The molecule has 2 rings (SSSR count). The molecule has 128 valence electrons. The topological polar surface area (TPSA) is 52.5 Å². The average Bonchev–Trinajstić information content (AvgIpc) is 2.77. The summed E-state index contributed by atoms with van der Waals surface area (Å²) in [5.41, 5.74) is -7.20. The highest BCUT2D eigenvalue weighted by molar-refractivity contribution is 8.00. The van der Waals surface area contributed by atoms with Crippen LogP contribution in [0.1, 0.15) is 11.3 Å². The van der Waals surface area contributed by atoms with Gasteiger partial charge in [0.15, 0.2) is 5.69 Å². The summed E-state index contributed by atoms with van der Waals surface area (Å²) >= 11 is 10.9. The number of thioether (sulfide) groups is 1. The Hall–Kier alpha value is -1.57. The van der Waals surface area contributed by atoms with Crippen LogP contribution in [0.5, 0.6) is 0 Å². The highest BCUT2D eigenvalue weighted by atomic mass is 35.5. The van der Waals surface area contributed by atoms with Gasteiger partial charge in [-0.05, 0) is 23.9 Å². The molecule has 1 heterocycles. The summed E-state index contributed by atoms with van der Waals surface area (Å²) in [5.74, 6) is 0. The van der Waals surface area contributed by atoms with Gasteiger partial charge in [-0.15, -0.1) is 0 Å². The van der Waals surface area contributed by atoms with Crippen LogP contribution in [0.15, 0.2) is 17.0 Å². The SMILES string of the molecule is N#Cc1n[nH]c(-c2c(Cl)cc(C(F)(F)F)cc2Cl)c1SC(F)(F)F. The molecule has 0 fully saturated rings. The number of alkyl halides is 6. The first-order chi connectivity index (χ1) is 10.9. The summed E-state index contributed by atoms with van der Waals surface area (Å²) in [6, 6.07) is 2.50. The maximum atomic E-state index is 12.7. The van der Waals surface area contributed by atoms with Crippen LogP contribution in [0.25, 0.3) is 11.3 Å². The van der Waals surface area contributed by atoms with Gasteiger partial charge in [-0.25, -0.2) is 0 Å². The molecule has 0 radical (unpaired) electrons. The molecule has 1 N–H and O–H groups in total. The standard InChI is InChI=1S/C12H3Cl2F6N3S/c13-5-1-4(11(15,16)17)2-6(14)8(5)9-10(24-12(18,19)20)7(3-21)22-23-9/h1-2H,(H,22,23). The molecule has 0 spiro atoms. The summed E-state index contributed by atoms with van der Waals surface area (Å²) in [6.45, 7) is 0. The minimum atomic E-state index is -4.75. The lowest BCUT2D eigenvalue weighted by Crippen LogP contribution is -2.05. The largest absolute Gasteiger partial charge is 0.446 e. The Morgan fingerprint density at radius 1 is 1.08 bits per heavy atom. The third-order valence-electron chi connectivity index (χ3n) is 2.66. The molecule has 0 bridgehead atoms. The van der Waals surface area contributed by atoms with E-state index in [-0.39, 0.29) is 5.56 Å². The van der Waals surface area contributed by atoms with Crippen molar-refractivity contribution in [3.63, 3.8) is 0 Å². The summed E-state index contributed by atoms with van der Waals surface area (Å²) < 4.78 is 76.1. The van der Waals surface area contributed by atoms with Crippen LogP contribution in [-0.2, 0) is 6.18 Å². The van der Waals surface area contributed by atoms with Crippen molar-refractivity contribution >= 4 is 35.0 Å². The first-order valence-corrected chi connectivity index (χ1v) is 7.32. The normalized spacial score (nSPS) is 12.3. The van der Waals surface area contributed by atoms with Gasteiger partial charge in [-0.1, -0.05) is 23.2 Å². The van der Waals surface area contributed by atoms with Crippen molar-refractivity contribution in [2.24, 2.45) is 0 Å². The van der Waals surface area contributed by atoms with Crippen molar-refractivity contribution in [3.8, 4) is 17.3 Å². The van der Waals surface area contributed by atoms with Gasteiger partial charge in [-0.3, -0.25) is 5.10 Å². The van der Waals surface area contributed by atoms with E-state index in [1.807, 2.05) is 0 Å². The van der Waals surface area contributed by atoms with E-state index in [1.54, 1.807) is 0 Å². The number of benzene rings is 1. The third kappa shape index (κ3) is 3.91. The van der Waals surface area contributed by atoms with E-state index >= 15 is 0 Å². The van der Waals surface area contributed by atoms with Crippen molar-refractivity contribution < 1.29 is 26.3 Å². The van der Waals surface area contributed by atoms with Gasteiger partial charge < -0.3 is 0 Å². The molecule has 0 aliphatic carbocycles. The molecule has 0 atom stereocenters. The van der Waals surface area contributed by atoms with Crippen molar-refractivity contribution in [2.45, 2.75) is 16.6 Å². The first kappa shape index (κ1) is 18.8. The van der Waals surface area contributed by atoms with Crippen molar-refractivity contribution in [1.29, 1.82) is 5.26 Å². The minimum absolute atomic E-state index is 0.313. The molecule has 12 heteroatoms. The molecule has 0 saturated carbocycles. The summed E-state index contributed by atoms with van der Waals surface area (Å²) in [6.07, 6.45) is -4.73. The molecule has 1 aromatic carbocycles. The maximum Gasteiger partial charge on any atom is 0.446 e. The summed E-state index contributed by atoms with van der Waals surface area (Å²) in [7, 11) is 0. The predicted molar refractivity (Wildman–Crippen MR) is 75.7 cm³/mol. The fourth-order valence-corrected chi connectivity index (χ4v) is 3.11. The van der Waals surface area contributed by atoms with Gasteiger partial charge in [0.2, 0.25) is 0 Å². The van der Waals surface area contributed by atoms with E-state index in [0.717, 1.165) is 0 Å². The van der Waals surface area contributed by atoms with Crippen LogP contribution < -0.4 is 0 Å². The Bertz CT molecular complexity index is 799. The van der Waals surface area contributed by atoms with Gasteiger partial charge in [0.1, 0.15) is 6.07 Å². The third-order valence-corrected chi connectivity index (χ3v) is 4.09. The average molecular weight is 406 g/mol. The van der Waals surface area contributed by atoms with Crippen LogP contribution in [0.2, 0.25) is 10.0 Å². The number of nitriles is 1. The molecular formula is C12H3Cl2F6N3S. The lowest BCUT2D eigenvalue weighted by Gasteiger charge is -2.13. The highest BCUT2D eigenvalue weighted by Gasteiger charge is 2.36. The number of hydrogen-bond acceptors (Lipinski definition) is 3. The fraction of sp³-hybridized carbons (Fsp3) is 0.167. The lowest BCUT2D eigenvalue weighted by molar-refractivity contribution is -0.137. The minimum Gasteiger partial charge on any atom is -0.275 e. The smallest absolute Gasteiger partial charge is 0.275 e. The molecule has 24 heavy (non-hydrogen) atoms. The van der Waals surface area contributed by atoms with Crippen LogP contribution in [0, 0.1) is 11.3 Å². The number of aromatic amines is 1. The number of hydrogen-bond donors (Lipinski definition) is 1. The van der Waals surface area contributed by atoms with Gasteiger partial charge in [-0.2, -0.15) is 36.7 Å². The zero-order valence-corrected chi connectivity index (χ0v) is 13.3. The lowest BCUT2D eigenvalue weighted by atomic mass is 10.1. The van der Waals surface area contributed by atoms with Crippen LogP contribution in [0.4, 0.5) is 26.3 Å². The van der Waals surface area contributed by atoms with E-state index in [1.165, 1.54) is 6.07 Å². The Morgan fingerprint density at radius 2 is 1.62 bits per heavy atom. The van der Waals surface area contributed by atoms with Gasteiger partial charge in [0.05, 0.1) is 26.2 Å². The van der Waals surface area contributed by atoms with Crippen molar-refractivity contribution in [1.82, 2.24) is 10.2 Å².